The highest BCUT2D eigenvalue weighted by atomic mass is 35.5. The Hall–Kier alpha value is -1.37. The molecule has 0 radical (unpaired) electrons. The molecule has 132 valence electrons. The van der Waals surface area contributed by atoms with Gasteiger partial charge in [0.25, 0.3) is 0 Å². The van der Waals surface area contributed by atoms with E-state index in [9.17, 15) is 8.42 Å². The van der Waals surface area contributed by atoms with Crippen LogP contribution in [0.4, 0.5) is 0 Å². The zero-order valence-electron chi connectivity index (χ0n) is 14.5. The van der Waals surface area contributed by atoms with E-state index in [2.05, 4.69) is 18.9 Å². The van der Waals surface area contributed by atoms with Gasteiger partial charge >= 0.3 is 0 Å². The second-order valence-corrected chi connectivity index (χ2v) is 8.35. The zero-order valence-corrected chi connectivity index (χ0v) is 16.1. The standard InChI is InChI=1S/C17H24ClN3O2S/c1-5-13(3)14-7-9-15(10-8-14)24(22,23)20(4)12-17-16(18)11-19-21(17)6-2/h7-11,13H,5-6,12H2,1-4H3/t13-/m1/s1. The van der Waals surface area contributed by atoms with Crippen LogP contribution in [0.1, 0.15) is 44.4 Å². The number of aromatic nitrogens is 2. The lowest BCUT2D eigenvalue weighted by molar-refractivity contribution is 0.447. The molecule has 2 aromatic rings. The summed E-state index contributed by atoms with van der Waals surface area (Å²) in [4.78, 5) is 0.288. The van der Waals surface area contributed by atoms with E-state index in [1.165, 1.54) is 4.31 Å². The van der Waals surface area contributed by atoms with E-state index in [1.54, 1.807) is 30.1 Å². The van der Waals surface area contributed by atoms with E-state index in [-0.39, 0.29) is 11.4 Å². The summed E-state index contributed by atoms with van der Waals surface area (Å²) < 4.78 is 28.6. The van der Waals surface area contributed by atoms with Gasteiger partial charge in [-0.15, -0.1) is 0 Å². The second kappa shape index (κ2) is 7.68. The number of rotatable bonds is 7. The minimum Gasteiger partial charge on any atom is -0.267 e. The van der Waals surface area contributed by atoms with E-state index >= 15 is 0 Å². The molecule has 24 heavy (non-hydrogen) atoms. The average Bonchev–Trinajstić information content (AvgIpc) is 2.94. The number of hydrogen-bond donors (Lipinski definition) is 0. The Morgan fingerprint density at radius 2 is 1.88 bits per heavy atom. The van der Waals surface area contributed by atoms with Crippen molar-refractivity contribution in [1.82, 2.24) is 14.1 Å². The summed E-state index contributed by atoms with van der Waals surface area (Å²) in [6.45, 7) is 7.00. The van der Waals surface area contributed by atoms with Gasteiger partial charge in [0.1, 0.15) is 0 Å². The Bertz CT molecular complexity index is 785. The fraction of sp³-hybridized carbons (Fsp3) is 0.471. The summed E-state index contributed by atoms with van der Waals surface area (Å²) in [6.07, 6.45) is 2.56. The minimum atomic E-state index is -3.57. The first-order valence-corrected chi connectivity index (χ1v) is 9.89. The number of benzene rings is 1. The molecule has 0 fully saturated rings. The Labute approximate surface area is 149 Å². The van der Waals surface area contributed by atoms with Crippen molar-refractivity contribution in [1.29, 1.82) is 0 Å². The number of halogens is 1. The first-order chi connectivity index (χ1) is 11.3. The van der Waals surface area contributed by atoms with E-state index in [4.69, 9.17) is 11.6 Å². The molecular weight excluding hydrogens is 346 g/mol. The van der Waals surface area contributed by atoms with Gasteiger partial charge in [-0.05, 0) is 37.0 Å². The molecule has 0 spiro atoms. The highest BCUT2D eigenvalue weighted by Gasteiger charge is 2.23. The van der Waals surface area contributed by atoms with Crippen molar-refractivity contribution >= 4 is 21.6 Å². The van der Waals surface area contributed by atoms with Crippen LogP contribution in [-0.4, -0.2) is 29.6 Å². The van der Waals surface area contributed by atoms with E-state index < -0.39 is 10.0 Å². The highest BCUT2D eigenvalue weighted by Crippen LogP contribution is 2.24. The van der Waals surface area contributed by atoms with Gasteiger partial charge in [0.15, 0.2) is 0 Å². The Morgan fingerprint density at radius 1 is 1.25 bits per heavy atom. The maximum Gasteiger partial charge on any atom is 0.243 e. The molecule has 0 unspecified atom stereocenters. The van der Waals surface area contributed by atoms with Gasteiger partial charge in [-0.3, -0.25) is 4.68 Å². The van der Waals surface area contributed by atoms with Crippen LogP contribution in [0.3, 0.4) is 0 Å². The van der Waals surface area contributed by atoms with Gasteiger partial charge in [-0.25, -0.2) is 8.42 Å². The van der Waals surface area contributed by atoms with Gasteiger partial charge < -0.3 is 0 Å². The third kappa shape index (κ3) is 3.82. The SMILES string of the molecule is CC[C@@H](C)c1ccc(S(=O)(=O)N(C)Cc2c(Cl)cnn2CC)cc1. The molecule has 1 heterocycles. The molecular formula is C17H24ClN3O2S. The summed E-state index contributed by atoms with van der Waals surface area (Å²) in [6, 6.07) is 7.12. The van der Waals surface area contributed by atoms with E-state index in [0.29, 0.717) is 23.2 Å². The monoisotopic (exact) mass is 369 g/mol. The molecule has 1 aromatic heterocycles. The Balaban J connectivity index is 2.24. The predicted molar refractivity (Wildman–Crippen MR) is 96.7 cm³/mol. The quantitative estimate of drug-likeness (QED) is 0.743. The molecule has 7 heteroatoms. The maximum absolute atomic E-state index is 12.8. The van der Waals surface area contributed by atoms with E-state index in [1.807, 2.05) is 19.1 Å². The van der Waals surface area contributed by atoms with Crippen LogP contribution >= 0.6 is 11.6 Å². The first-order valence-electron chi connectivity index (χ1n) is 8.07. The summed E-state index contributed by atoms with van der Waals surface area (Å²) in [7, 11) is -2.02. The van der Waals surface area contributed by atoms with Crippen LogP contribution in [0.5, 0.6) is 0 Å². The summed E-state index contributed by atoms with van der Waals surface area (Å²) >= 11 is 6.13. The van der Waals surface area contributed by atoms with Crippen molar-refractivity contribution in [2.45, 2.75) is 51.1 Å². The van der Waals surface area contributed by atoms with Crippen LogP contribution in [0, 0.1) is 0 Å². The number of aryl methyl sites for hydroxylation is 1. The Morgan fingerprint density at radius 3 is 2.42 bits per heavy atom. The third-order valence-corrected chi connectivity index (χ3v) is 6.47. The molecule has 0 saturated heterocycles. The second-order valence-electron chi connectivity index (χ2n) is 5.89. The molecule has 0 N–H and O–H groups in total. The lowest BCUT2D eigenvalue weighted by Crippen LogP contribution is -2.27. The lowest BCUT2D eigenvalue weighted by Gasteiger charge is -2.18. The molecule has 0 bridgehead atoms. The molecule has 0 aliphatic rings. The minimum absolute atomic E-state index is 0.183. The van der Waals surface area contributed by atoms with Gasteiger partial charge in [-0.2, -0.15) is 9.40 Å². The number of sulfonamides is 1. The molecule has 0 aliphatic carbocycles. The van der Waals surface area contributed by atoms with E-state index in [0.717, 1.165) is 12.0 Å². The number of nitrogens with zero attached hydrogens (tertiary/aromatic N) is 3. The molecule has 0 aliphatic heterocycles. The molecule has 0 saturated carbocycles. The molecule has 1 atom stereocenters. The van der Waals surface area contributed by atoms with Crippen molar-refractivity contribution in [2.24, 2.45) is 0 Å². The normalized spacial score (nSPS) is 13.4. The largest absolute Gasteiger partial charge is 0.267 e. The van der Waals surface area contributed by atoms with Crippen LogP contribution in [0.2, 0.25) is 5.02 Å². The zero-order chi connectivity index (χ0) is 17.9. The summed E-state index contributed by atoms with van der Waals surface area (Å²) in [5.41, 5.74) is 1.84. The smallest absolute Gasteiger partial charge is 0.243 e. The van der Waals surface area contributed by atoms with Crippen molar-refractivity contribution in [3.8, 4) is 0 Å². The van der Waals surface area contributed by atoms with Crippen LogP contribution < -0.4 is 0 Å². The lowest BCUT2D eigenvalue weighted by atomic mass is 9.99. The topological polar surface area (TPSA) is 55.2 Å². The van der Waals surface area contributed by atoms with Gasteiger partial charge in [0, 0.05) is 13.6 Å². The van der Waals surface area contributed by atoms with Gasteiger partial charge in [0.05, 0.1) is 28.4 Å². The van der Waals surface area contributed by atoms with Crippen molar-refractivity contribution in [3.63, 3.8) is 0 Å². The number of hydrogen-bond acceptors (Lipinski definition) is 3. The molecule has 2 rings (SSSR count). The van der Waals surface area contributed by atoms with Crippen molar-refractivity contribution in [3.05, 3.63) is 46.7 Å². The molecule has 5 nitrogen and oxygen atoms in total. The fourth-order valence-corrected chi connectivity index (χ4v) is 3.83. The molecule has 0 amide bonds. The van der Waals surface area contributed by atoms with Crippen molar-refractivity contribution in [2.75, 3.05) is 7.05 Å². The Kier molecular flexibility index (Phi) is 6.06. The highest BCUT2D eigenvalue weighted by molar-refractivity contribution is 7.89. The third-order valence-electron chi connectivity index (χ3n) is 4.34. The fourth-order valence-electron chi connectivity index (χ4n) is 2.50. The van der Waals surface area contributed by atoms with Crippen LogP contribution in [-0.2, 0) is 23.1 Å². The average molecular weight is 370 g/mol. The van der Waals surface area contributed by atoms with Crippen LogP contribution in [0.25, 0.3) is 0 Å². The maximum atomic E-state index is 12.8. The van der Waals surface area contributed by atoms with Crippen molar-refractivity contribution < 1.29 is 8.42 Å². The first kappa shape index (κ1) is 19.0. The van der Waals surface area contributed by atoms with Gasteiger partial charge in [-0.1, -0.05) is 37.6 Å². The van der Waals surface area contributed by atoms with Gasteiger partial charge in [0.2, 0.25) is 10.0 Å². The summed E-state index contributed by atoms with van der Waals surface area (Å²) in [5, 5.41) is 4.62. The summed E-state index contributed by atoms with van der Waals surface area (Å²) in [5.74, 6) is 0.414. The van der Waals surface area contributed by atoms with Crippen LogP contribution in [0.15, 0.2) is 35.4 Å². The molecule has 1 aromatic carbocycles. The predicted octanol–water partition coefficient (Wildman–Crippen LogP) is 3.89.